The number of alkyl halides is 3. The first-order valence-electron chi connectivity index (χ1n) is 9.43. The van der Waals surface area contributed by atoms with Crippen molar-refractivity contribution in [2.24, 2.45) is 0 Å². The zero-order valence-electron chi connectivity index (χ0n) is 15.4. The number of anilines is 1. The number of hydrogen-bond acceptors (Lipinski definition) is 3. The van der Waals surface area contributed by atoms with Gasteiger partial charge in [0.05, 0.1) is 5.56 Å². The highest BCUT2D eigenvalue weighted by atomic mass is 19.4. The van der Waals surface area contributed by atoms with Crippen molar-refractivity contribution >= 4 is 11.6 Å². The van der Waals surface area contributed by atoms with Gasteiger partial charge in [-0.25, -0.2) is 0 Å². The molecule has 0 bridgehead atoms. The van der Waals surface area contributed by atoms with Gasteiger partial charge >= 0.3 is 6.18 Å². The molecule has 148 valence electrons. The fraction of sp³-hybridized carbons (Fsp3) is 0.550. The molecule has 0 unspecified atom stereocenters. The number of piperidine rings is 1. The second kappa shape index (κ2) is 8.33. The van der Waals surface area contributed by atoms with Gasteiger partial charge in [-0.3, -0.25) is 9.69 Å². The van der Waals surface area contributed by atoms with E-state index >= 15 is 0 Å². The molecule has 7 heteroatoms. The molecule has 0 N–H and O–H groups in total. The number of benzene rings is 1. The lowest BCUT2D eigenvalue weighted by Gasteiger charge is -2.44. The van der Waals surface area contributed by atoms with Crippen LogP contribution in [0.15, 0.2) is 36.9 Å². The highest BCUT2D eigenvalue weighted by molar-refractivity contribution is 5.77. The molecule has 4 nitrogen and oxygen atoms in total. The first kappa shape index (κ1) is 19.7. The number of carbonyl (C=O) groups is 1. The third-order valence-electron chi connectivity index (χ3n) is 5.44. The quantitative estimate of drug-likeness (QED) is 0.748. The Balaban J connectivity index is 1.57. The summed E-state index contributed by atoms with van der Waals surface area (Å²) in [4.78, 5) is 18.4. The standard InChI is InChI=1S/C20H26F3N3O/c1-2-5-19(27)26-9-4-8-18(15-26)25-12-10-24(11-13-25)17-7-3-6-16(14-17)20(21,22)23/h2-3,6-7,14,18H,1,4-5,8-13,15H2/t18-/m0/s1. The summed E-state index contributed by atoms with van der Waals surface area (Å²) in [7, 11) is 0. The summed E-state index contributed by atoms with van der Waals surface area (Å²) < 4.78 is 38.8. The molecule has 0 radical (unpaired) electrons. The molecule has 2 aliphatic heterocycles. The normalized spacial score (nSPS) is 22.0. The Morgan fingerprint density at radius 2 is 1.93 bits per heavy atom. The predicted molar refractivity (Wildman–Crippen MR) is 99.6 cm³/mol. The van der Waals surface area contributed by atoms with Gasteiger partial charge in [0.15, 0.2) is 0 Å². The summed E-state index contributed by atoms with van der Waals surface area (Å²) in [6.45, 7) is 8.14. The minimum absolute atomic E-state index is 0.123. The molecule has 27 heavy (non-hydrogen) atoms. The minimum atomic E-state index is -4.32. The smallest absolute Gasteiger partial charge is 0.369 e. The molecule has 2 fully saturated rings. The van der Waals surface area contributed by atoms with Crippen LogP contribution in [0.25, 0.3) is 0 Å². The van der Waals surface area contributed by atoms with Crippen LogP contribution in [0.3, 0.4) is 0 Å². The van der Waals surface area contributed by atoms with E-state index in [0.29, 0.717) is 31.2 Å². The van der Waals surface area contributed by atoms with Crippen LogP contribution < -0.4 is 4.90 Å². The van der Waals surface area contributed by atoms with Gasteiger partial charge in [0.25, 0.3) is 0 Å². The molecule has 2 heterocycles. The molecular formula is C20H26F3N3O. The molecule has 0 saturated carbocycles. The number of amides is 1. The summed E-state index contributed by atoms with van der Waals surface area (Å²) in [5, 5.41) is 0. The van der Waals surface area contributed by atoms with Crippen molar-refractivity contribution in [1.29, 1.82) is 0 Å². The molecule has 0 aliphatic carbocycles. The lowest BCUT2D eigenvalue weighted by Crippen LogP contribution is -2.55. The summed E-state index contributed by atoms with van der Waals surface area (Å²) >= 11 is 0. The van der Waals surface area contributed by atoms with E-state index in [2.05, 4.69) is 11.5 Å². The van der Waals surface area contributed by atoms with Crippen molar-refractivity contribution in [1.82, 2.24) is 9.80 Å². The van der Waals surface area contributed by atoms with Crippen LogP contribution in [0.1, 0.15) is 24.8 Å². The third kappa shape index (κ3) is 4.83. The van der Waals surface area contributed by atoms with Crippen LogP contribution in [-0.4, -0.2) is 61.0 Å². The van der Waals surface area contributed by atoms with E-state index < -0.39 is 11.7 Å². The average molecular weight is 381 g/mol. The monoisotopic (exact) mass is 381 g/mol. The maximum atomic E-state index is 12.9. The molecule has 1 aromatic rings. The van der Waals surface area contributed by atoms with E-state index in [4.69, 9.17) is 0 Å². The number of halogens is 3. The Kier molecular flexibility index (Phi) is 6.09. The Morgan fingerprint density at radius 3 is 2.59 bits per heavy atom. The lowest BCUT2D eigenvalue weighted by atomic mass is 10.0. The third-order valence-corrected chi connectivity index (χ3v) is 5.44. The van der Waals surface area contributed by atoms with Crippen LogP contribution in [0, 0.1) is 0 Å². The Bertz CT molecular complexity index is 669. The number of carbonyl (C=O) groups excluding carboxylic acids is 1. The Labute approximate surface area is 158 Å². The molecule has 2 aliphatic rings. The first-order valence-corrected chi connectivity index (χ1v) is 9.43. The second-order valence-electron chi connectivity index (χ2n) is 7.20. The van der Waals surface area contributed by atoms with Crippen LogP contribution in [0.2, 0.25) is 0 Å². The highest BCUT2D eigenvalue weighted by Gasteiger charge is 2.32. The zero-order chi connectivity index (χ0) is 19.4. The summed E-state index contributed by atoms with van der Waals surface area (Å²) in [5.41, 5.74) is 0.0157. The van der Waals surface area contributed by atoms with E-state index in [-0.39, 0.29) is 5.91 Å². The van der Waals surface area contributed by atoms with Gasteiger partial charge in [0.1, 0.15) is 0 Å². The van der Waals surface area contributed by atoms with E-state index in [1.165, 1.54) is 12.1 Å². The van der Waals surface area contributed by atoms with Crippen LogP contribution in [-0.2, 0) is 11.0 Å². The fourth-order valence-electron chi connectivity index (χ4n) is 3.96. The van der Waals surface area contributed by atoms with Crippen molar-refractivity contribution in [2.75, 3.05) is 44.2 Å². The number of nitrogens with zero attached hydrogens (tertiary/aromatic N) is 3. The van der Waals surface area contributed by atoms with Crippen molar-refractivity contribution < 1.29 is 18.0 Å². The summed E-state index contributed by atoms with van der Waals surface area (Å²) in [6, 6.07) is 5.87. The maximum absolute atomic E-state index is 12.9. The van der Waals surface area contributed by atoms with Crippen LogP contribution in [0.5, 0.6) is 0 Å². The van der Waals surface area contributed by atoms with Gasteiger partial charge in [-0.05, 0) is 31.0 Å². The Hall–Kier alpha value is -2.02. The predicted octanol–water partition coefficient (Wildman–Crippen LogP) is 3.39. The van der Waals surface area contributed by atoms with Gasteiger partial charge < -0.3 is 9.80 Å². The highest BCUT2D eigenvalue weighted by Crippen LogP contribution is 2.32. The topological polar surface area (TPSA) is 26.8 Å². The minimum Gasteiger partial charge on any atom is -0.369 e. The first-order chi connectivity index (χ1) is 12.9. The number of likely N-dealkylation sites (tertiary alicyclic amines) is 1. The van der Waals surface area contributed by atoms with E-state index in [1.54, 1.807) is 12.1 Å². The van der Waals surface area contributed by atoms with Gasteiger partial charge in [0, 0.05) is 57.4 Å². The molecule has 0 spiro atoms. The van der Waals surface area contributed by atoms with Crippen molar-refractivity contribution in [3.8, 4) is 0 Å². The average Bonchev–Trinajstić information content (AvgIpc) is 2.68. The van der Waals surface area contributed by atoms with E-state index in [0.717, 1.165) is 45.1 Å². The largest absolute Gasteiger partial charge is 0.416 e. The summed E-state index contributed by atoms with van der Waals surface area (Å²) in [6.07, 6.45) is -0.264. The maximum Gasteiger partial charge on any atom is 0.416 e. The zero-order valence-corrected chi connectivity index (χ0v) is 15.4. The van der Waals surface area contributed by atoms with E-state index in [9.17, 15) is 18.0 Å². The lowest BCUT2D eigenvalue weighted by molar-refractivity contribution is -0.137. The van der Waals surface area contributed by atoms with Gasteiger partial charge in [-0.2, -0.15) is 13.2 Å². The van der Waals surface area contributed by atoms with Crippen LogP contribution in [0.4, 0.5) is 18.9 Å². The van der Waals surface area contributed by atoms with Crippen molar-refractivity contribution in [3.63, 3.8) is 0 Å². The SMILES string of the molecule is C=CCC(=O)N1CCC[C@H](N2CCN(c3cccc(C(F)(F)F)c3)CC2)C1. The van der Waals surface area contributed by atoms with Gasteiger partial charge in [0.2, 0.25) is 5.91 Å². The number of rotatable bonds is 4. The molecule has 3 rings (SSSR count). The number of hydrogen-bond donors (Lipinski definition) is 0. The molecule has 1 amide bonds. The van der Waals surface area contributed by atoms with E-state index in [1.807, 2.05) is 9.80 Å². The van der Waals surface area contributed by atoms with Gasteiger partial charge in [-0.15, -0.1) is 6.58 Å². The van der Waals surface area contributed by atoms with Crippen molar-refractivity contribution in [2.45, 2.75) is 31.5 Å². The second-order valence-corrected chi connectivity index (χ2v) is 7.20. The molecular weight excluding hydrogens is 355 g/mol. The summed E-state index contributed by atoms with van der Waals surface area (Å²) in [5.74, 6) is 0.123. The Morgan fingerprint density at radius 1 is 1.19 bits per heavy atom. The van der Waals surface area contributed by atoms with Crippen molar-refractivity contribution in [3.05, 3.63) is 42.5 Å². The number of piperazine rings is 1. The molecule has 0 aromatic heterocycles. The van der Waals surface area contributed by atoms with Gasteiger partial charge in [-0.1, -0.05) is 12.1 Å². The molecule has 2 saturated heterocycles. The fourth-order valence-corrected chi connectivity index (χ4v) is 3.96. The molecule has 1 aromatic carbocycles. The molecule has 1 atom stereocenters. The van der Waals surface area contributed by atoms with Crippen LogP contribution >= 0.6 is 0 Å².